The van der Waals surface area contributed by atoms with Crippen molar-refractivity contribution >= 4 is 22.5 Å². The minimum Gasteiger partial charge on any atom is -0.365 e. The van der Waals surface area contributed by atoms with Gasteiger partial charge in [0.05, 0.1) is 34.4 Å². The highest BCUT2D eigenvalue weighted by Gasteiger charge is 2.40. The van der Waals surface area contributed by atoms with Gasteiger partial charge in [0.25, 0.3) is 5.56 Å². The van der Waals surface area contributed by atoms with Gasteiger partial charge in [-0.3, -0.25) is 13.9 Å². The van der Waals surface area contributed by atoms with Crippen LogP contribution < -0.4 is 11.2 Å². The smallest absolute Gasteiger partial charge is 0.331 e. The van der Waals surface area contributed by atoms with Gasteiger partial charge in [-0.15, -0.1) is 0 Å². The Labute approximate surface area is 196 Å². The van der Waals surface area contributed by atoms with Gasteiger partial charge in [-0.05, 0) is 50.1 Å². The van der Waals surface area contributed by atoms with Crippen molar-refractivity contribution in [3.05, 3.63) is 91.2 Å². The van der Waals surface area contributed by atoms with Gasteiger partial charge >= 0.3 is 5.69 Å². The molecule has 0 N–H and O–H groups in total. The van der Waals surface area contributed by atoms with Gasteiger partial charge in [0.1, 0.15) is 6.10 Å². The molecule has 170 valence electrons. The molecule has 3 heterocycles. The SMILES string of the molecule is Cc1cccc(-c2c3c(=O)n(C)c(=O)n(C)c3c3n2C(C)(C)CO[C@@H]3c2cccc(Cl)c2)c1. The number of aromatic nitrogens is 3. The normalized spacial score (nSPS) is 17.3. The molecule has 4 aromatic rings. The molecule has 0 unspecified atom stereocenters. The summed E-state index contributed by atoms with van der Waals surface area (Å²) in [6.07, 6.45) is -0.476. The molecule has 1 atom stereocenters. The fraction of sp³-hybridized carbons (Fsp3) is 0.308. The van der Waals surface area contributed by atoms with Crippen LogP contribution in [0.2, 0.25) is 5.02 Å². The zero-order chi connectivity index (χ0) is 23.7. The number of hydrogen-bond acceptors (Lipinski definition) is 3. The van der Waals surface area contributed by atoms with Crippen LogP contribution in [0.5, 0.6) is 0 Å². The van der Waals surface area contributed by atoms with Gasteiger partial charge in [-0.25, -0.2) is 4.79 Å². The molecule has 0 saturated heterocycles. The third-order valence-electron chi connectivity index (χ3n) is 6.51. The maximum Gasteiger partial charge on any atom is 0.331 e. The van der Waals surface area contributed by atoms with Crippen molar-refractivity contribution in [2.75, 3.05) is 6.61 Å². The van der Waals surface area contributed by atoms with Crippen LogP contribution >= 0.6 is 11.6 Å². The molecule has 0 saturated carbocycles. The number of fused-ring (bicyclic) bond motifs is 3. The highest BCUT2D eigenvalue weighted by Crippen LogP contribution is 2.45. The Morgan fingerprint density at radius 1 is 1.03 bits per heavy atom. The van der Waals surface area contributed by atoms with Gasteiger partial charge in [0.2, 0.25) is 0 Å². The minimum absolute atomic E-state index is 0.313. The molecule has 5 rings (SSSR count). The first-order valence-electron chi connectivity index (χ1n) is 10.9. The molecule has 2 aromatic heterocycles. The Kier molecular flexibility index (Phi) is 4.92. The average Bonchev–Trinajstić information content (AvgIpc) is 3.14. The summed E-state index contributed by atoms with van der Waals surface area (Å²) < 4.78 is 11.3. The maximum absolute atomic E-state index is 13.6. The predicted octanol–water partition coefficient (Wildman–Crippen LogP) is 4.52. The van der Waals surface area contributed by atoms with Gasteiger partial charge < -0.3 is 9.30 Å². The van der Waals surface area contributed by atoms with Crippen LogP contribution in [0, 0.1) is 6.92 Å². The number of aryl methyl sites for hydroxylation is 2. The molecule has 7 heteroatoms. The Balaban J connectivity index is 2.03. The predicted molar refractivity (Wildman–Crippen MR) is 131 cm³/mol. The first-order chi connectivity index (χ1) is 15.6. The van der Waals surface area contributed by atoms with Crippen LogP contribution in [0.25, 0.3) is 22.2 Å². The van der Waals surface area contributed by atoms with E-state index in [0.29, 0.717) is 22.5 Å². The van der Waals surface area contributed by atoms with E-state index in [-0.39, 0.29) is 11.2 Å². The number of rotatable bonds is 2. The Morgan fingerprint density at radius 3 is 2.45 bits per heavy atom. The first kappa shape index (κ1) is 21.7. The summed E-state index contributed by atoms with van der Waals surface area (Å²) in [6.45, 7) is 6.64. The molecule has 33 heavy (non-hydrogen) atoms. The van der Waals surface area contributed by atoms with E-state index in [9.17, 15) is 9.59 Å². The van der Waals surface area contributed by atoms with E-state index in [0.717, 1.165) is 28.1 Å². The summed E-state index contributed by atoms with van der Waals surface area (Å²) in [7, 11) is 3.23. The van der Waals surface area contributed by atoms with Crippen LogP contribution in [-0.2, 0) is 24.4 Å². The van der Waals surface area contributed by atoms with Gasteiger partial charge in [-0.2, -0.15) is 0 Å². The topological polar surface area (TPSA) is 58.2 Å². The Morgan fingerprint density at radius 2 is 1.76 bits per heavy atom. The van der Waals surface area contributed by atoms with Gasteiger partial charge in [-0.1, -0.05) is 47.5 Å². The summed E-state index contributed by atoms with van der Waals surface area (Å²) in [4.78, 5) is 26.6. The first-order valence-corrected chi connectivity index (χ1v) is 11.3. The molecule has 0 radical (unpaired) electrons. The van der Waals surface area contributed by atoms with Gasteiger partial charge in [0.15, 0.2) is 0 Å². The highest BCUT2D eigenvalue weighted by atomic mass is 35.5. The molecular formula is C26H26ClN3O3. The van der Waals surface area contributed by atoms with Crippen molar-refractivity contribution < 1.29 is 4.74 Å². The van der Waals surface area contributed by atoms with Crippen LogP contribution in [-0.4, -0.2) is 20.3 Å². The molecule has 0 aliphatic carbocycles. The van der Waals surface area contributed by atoms with Crippen molar-refractivity contribution in [3.8, 4) is 11.3 Å². The Bertz CT molecular complexity index is 1540. The second-order valence-corrected chi connectivity index (χ2v) is 9.86. The largest absolute Gasteiger partial charge is 0.365 e. The summed E-state index contributed by atoms with van der Waals surface area (Å²) in [6, 6.07) is 15.6. The summed E-state index contributed by atoms with van der Waals surface area (Å²) in [5, 5.41) is 1.12. The van der Waals surface area contributed by atoms with E-state index in [2.05, 4.69) is 24.5 Å². The monoisotopic (exact) mass is 463 g/mol. The summed E-state index contributed by atoms with van der Waals surface area (Å²) in [5.41, 5.74) is 3.95. The standard InChI is InChI=1S/C26H26ClN3O3/c1-15-8-6-9-16(12-15)20-19-21(28(4)25(32)29(5)24(19)31)22-23(17-10-7-11-18(27)13-17)33-14-26(2,3)30(20)22/h6-13,23H,14H2,1-5H3/t23-/m1/s1. The lowest BCUT2D eigenvalue weighted by molar-refractivity contribution is -0.00706. The molecule has 0 amide bonds. The minimum atomic E-state index is -0.476. The number of halogens is 1. The van der Waals surface area contributed by atoms with Crippen molar-refractivity contribution in [2.45, 2.75) is 32.4 Å². The third-order valence-corrected chi connectivity index (χ3v) is 6.74. The third kappa shape index (κ3) is 3.20. The van der Waals surface area contributed by atoms with Crippen LogP contribution in [0.3, 0.4) is 0 Å². The second kappa shape index (κ2) is 7.47. The quantitative estimate of drug-likeness (QED) is 0.439. The van der Waals surface area contributed by atoms with E-state index >= 15 is 0 Å². The van der Waals surface area contributed by atoms with Crippen LogP contribution in [0.15, 0.2) is 58.1 Å². The number of ether oxygens (including phenoxy) is 1. The lowest BCUT2D eigenvalue weighted by Crippen LogP contribution is -2.40. The van der Waals surface area contributed by atoms with Crippen molar-refractivity contribution in [3.63, 3.8) is 0 Å². The highest BCUT2D eigenvalue weighted by molar-refractivity contribution is 6.30. The van der Waals surface area contributed by atoms with Crippen molar-refractivity contribution in [1.82, 2.24) is 13.7 Å². The zero-order valence-electron chi connectivity index (χ0n) is 19.3. The van der Waals surface area contributed by atoms with Gasteiger partial charge in [0, 0.05) is 19.1 Å². The van der Waals surface area contributed by atoms with Crippen molar-refractivity contribution in [1.29, 1.82) is 0 Å². The number of benzene rings is 2. The maximum atomic E-state index is 13.6. The number of hydrogen-bond donors (Lipinski definition) is 0. The molecule has 0 bridgehead atoms. The van der Waals surface area contributed by atoms with E-state index in [1.54, 1.807) is 11.6 Å². The lowest BCUT2D eigenvalue weighted by atomic mass is 9.98. The number of nitrogens with zero attached hydrogens (tertiary/aromatic N) is 3. The van der Waals surface area contributed by atoms with Crippen LogP contribution in [0.4, 0.5) is 0 Å². The Hall–Kier alpha value is -3.09. The molecule has 6 nitrogen and oxygen atoms in total. The second-order valence-electron chi connectivity index (χ2n) is 9.43. The molecule has 1 aliphatic heterocycles. The zero-order valence-corrected chi connectivity index (χ0v) is 20.1. The van der Waals surface area contributed by atoms with E-state index in [1.165, 1.54) is 11.6 Å². The van der Waals surface area contributed by atoms with Crippen LogP contribution in [0.1, 0.15) is 36.8 Å². The average molecular weight is 464 g/mol. The molecular weight excluding hydrogens is 438 g/mol. The van der Waals surface area contributed by atoms with Crippen molar-refractivity contribution in [2.24, 2.45) is 14.1 Å². The fourth-order valence-electron chi connectivity index (χ4n) is 4.99. The molecule has 0 fully saturated rings. The van der Waals surface area contributed by atoms with E-state index < -0.39 is 11.6 Å². The lowest BCUT2D eigenvalue weighted by Gasteiger charge is -2.39. The van der Waals surface area contributed by atoms with E-state index in [4.69, 9.17) is 16.3 Å². The fourth-order valence-corrected chi connectivity index (χ4v) is 5.18. The van der Waals surface area contributed by atoms with E-state index in [1.807, 2.05) is 49.4 Å². The summed E-state index contributed by atoms with van der Waals surface area (Å²) in [5.74, 6) is 0. The molecule has 1 aliphatic rings. The summed E-state index contributed by atoms with van der Waals surface area (Å²) >= 11 is 6.32. The molecule has 2 aromatic carbocycles. The molecule has 0 spiro atoms.